The normalized spacial score (nSPS) is 21.2. The molecule has 1 aliphatic rings. The van der Waals surface area contributed by atoms with Gasteiger partial charge in [0.15, 0.2) is 0 Å². The minimum absolute atomic E-state index is 0.0565. The molecule has 23 heavy (non-hydrogen) atoms. The van der Waals surface area contributed by atoms with Gasteiger partial charge in [-0.25, -0.2) is 14.2 Å². The fraction of sp³-hybridized carbons (Fsp3) is 0.533. The Kier molecular flexibility index (Phi) is 5.23. The Hall–Kier alpha value is -1.70. The van der Waals surface area contributed by atoms with Gasteiger partial charge in [0.1, 0.15) is 28.2 Å². The molecule has 0 radical (unpaired) electrons. The van der Waals surface area contributed by atoms with Gasteiger partial charge < -0.3 is 10.1 Å². The fourth-order valence-electron chi connectivity index (χ4n) is 2.24. The van der Waals surface area contributed by atoms with Crippen LogP contribution in [0.5, 0.6) is 0 Å². The fourth-order valence-corrected chi connectivity index (χ4v) is 2.59. The number of hydrogen-bond donors (Lipinski definition) is 1. The molecule has 1 saturated heterocycles. The zero-order valence-corrected chi connectivity index (χ0v) is 14.8. The maximum absolute atomic E-state index is 13.7. The Bertz CT molecular complexity index is 606. The molecule has 0 spiro atoms. The second kappa shape index (κ2) is 6.82. The molecule has 0 bridgehead atoms. The lowest BCUT2D eigenvalue weighted by Crippen LogP contribution is -2.45. The molecule has 2 amide bonds. The van der Waals surface area contributed by atoms with Crippen LogP contribution in [0, 0.1) is 0 Å². The van der Waals surface area contributed by atoms with Gasteiger partial charge in [0, 0.05) is 6.42 Å². The molecule has 0 saturated carbocycles. The van der Waals surface area contributed by atoms with Gasteiger partial charge in [-0.1, -0.05) is 6.07 Å². The van der Waals surface area contributed by atoms with Crippen LogP contribution in [0.15, 0.2) is 22.8 Å². The number of aromatic nitrogens is 1. The second-order valence-electron chi connectivity index (χ2n) is 6.32. The van der Waals surface area contributed by atoms with Crippen LogP contribution in [0.4, 0.5) is 15.0 Å². The Morgan fingerprint density at radius 2 is 2.13 bits per heavy atom. The first-order valence-corrected chi connectivity index (χ1v) is 8.02. The zero-order chi connectivity index (χ0) is 17.2. The number of halogens is 2. The molecule has 0 aliphatic carbocycles. The van der Waals surface area contributed by atoms with E-state index < -0.39 is 29.8 Å². The van der Waals surface area contributed by atoms with E-state index in [2.05, 4.69) is 26.2 Å². The molecule has 8 heteroatoms. The van der Waals surface area contributed by atoms with Gasteiger partial charge in [-0.15, -0.1) is 0 Å². The summed E-state index contributed by atoms with van der Waals surface area (Å²) in [6.07, 6.45) is -2.01. The Morgan fingerprint density at radius 1 is 1.43 bits per heavy atom. The maximum Gasteiger partial charge on any atom is 0.411 e. The van der Waals surface area contributed by atoms with Gasteiger partial charge in [0.2, 0.25) is 5.91 Å². The number of rotatable bonds is 2. The van der Waals surface area contributed by atoms with Crippen molar-refractivity contribution in [3.63, 3.8) is 0 Å². The topological polar surface area (TPSA) is 71.5 Å². The third-order valence-electron chi connectivity index (χ3n) is 3.15. The monoisotopic (exact) mass is 387 g/mol. The molecular formula is C15H19BrFN3O3. The number of nitrogens with zero attached hydrogens (tertiary/aromatic N) is 2. The number of amides is 2. The summed E-state index contributed by atoms with van der Waals surface area (Å²) in [5.74, 6) is -0.155. The summed E-state index contributed by atoms with van der Waals surface area (Å²) in [5, 5.41) is 2.60. The second-order valence-corrected chi connectivity index (χ2v) is 7.13. The summed E-state index contributed by atoms with van der Waals surface area (Å²) in [7, 11) is 0. The predicted octanol–water partition coefficient (Wildman–Crippen LogP) is 3.13. The minimum Gasteiger partial charge on any atom is -0.444 e. The Morgan fingerprint density at radius 3 is 2.74 bits per heavy atom. The van der Waals surface area contributed by atoms with Crippen molar-refractivity contribution in [2.24, 2.45) is 0 Å². The van der Waals surface area contributed by atoms with Gasteiger partial charge in [-0.3, -0.25) is 9.69 Å². The van der Waals surface area contributed by atoms with E-state index in [0.29, 0.717) is 10.4 Å². The highest BCUT2D eigenvalue weighted by Crippen LogP contribution is 2.24. The van der Waals surface area contributed by atoms with E-state index in [0.717, 1.165) is 4.90 Å². The summed E-state index contributed by atoms with van der Waals surface area (Å²) >= 11 is 3.21. The van der Waals surface area contributed by atoms with E-state index in [1.54, 1.807) is 39.0 Å². The van der Waals surface area contributed by atoms with Crippen LogP contribution in [0.3, 0.4) is 0 Å². The van der Waals surface area contributed by atoms with Crippen LogP contribution in [-0.2, 0) is 9.53 Å². The van der Waals surface area contributed by atoms with E-state index in [1.807, 2.05) is 0 Å². The number of hydrogen-bond acceptors (Lipinski definition) is 4. The summed E-state index contributed by atoms with van der Waals surface area (Å²) in [6.45, 7) is 5.00. The number of carbonyl (C=O) groups is 2. The number of carbonyl (C=O) groups excluding carboxylic acids is 2. The van der Waals surface area contributed by atoms with E-state index in [1.165, 1.54) is 0 Å². The highest BCUT2D eigenvalue weighted by atomic mass is 79.9. The molecule has 1 aliphatic heterocycles. The molecule has 2 heterocycles. The van der Waals surface area contributed by atoms with Gasteiger partial charge in [0.25, 0.3) is 0 Å². The van der Waals surface area contributed by atoms with E-state index >= 15 is 0 Å². The first kappa shape index (κ1) is 17.7. The summed E-state index contributed by atoms with van der Waals surface area (Å²) in [4.78, 5) is 29.7. The van der Waals surface area contributed by atoms with Gasteiger partial charge >= 0.3 is 6.09 Å². The molecule has 126 valence electrons. The number of ether oxygens (including phenoxy) is 1. The molecule has 2 rings (SSSR count). The summed E-state index contributed by atoms with van der Waals surface area (Å²) in [6, 6.07) is 4.13. The van der Waals surface area contributed by atoms with Crippen molar-refractivity contribution in [2.45, 2.75) is 45.0 Å². The van der Waals surface area contributed by atoms with Crippen LogP contribution in [0.1, 0.15) is 27.2 Å². The average Bonchev–Trinajstić information content (AvgIpc) is 2.79. The van der Waals surface area contributed by atoms with E-state index in [9.17, 15) is 14.0 Å². The number of anilines is 1. The zero-order valence-electron chi connectivity index (χ0n) is 13.2. The number of alkyl halides is 1. The number of nitrogens with one attached hydrogen (secondary N) is 1. The Labute approximate surface area is 142 Å². The first-order chi connectivity index (χ1) is 10.7. The van der Waals surface area contributed by atoms with Gasteiger partial charge in [0.05, 0.1) is 6.54 Å². The SMILES string of the molecule is CC(C)(C)OC(=O)N1C[C@H](F)C[C@@H]1C(=O)Nc1cccc(Br)n1. The number of likely N-dealkylation sites (tertiary alicyclic amines) is 1. The van der Waals surface area contributed by atoms with Crippen molar-refractivity contribution in [2.75, 3.05) is 11.9 Å². The van der Waals surface area contributed by atoms with Crippen LogP contribution >= 0.6 is 15.9 Å². The third-order valence-corrected chi connectivity index (χ3v) is 3.59. The molecule has 1 aromatic rings. The molecule has 0 unspecified atom stereocenters. The maximum atomic E-state index is 13.7. The van der Waals surface area contributed by atoms with Crippen molar-refractivity contribution < 1.29 is 18.7 Å². The smallest absolute Gasteiger partial charge is 0.411 e. The van der Waals surface area contributed by atoms with Crippen molar-refractivity contribution in [1.29, 1.82) is 0 Å². The molecular weight excluding hydrogens is 369 g/mol. The highest BCUT2D eigenvalue weighted by molar-refractivity contribution is 9.10. The highest BCUT2D eigenvalue weighted by Gasteiger charge is 2.41. The van der Waals surface area contributed by atoms with Gasteiger partial charge in [-0.2, -0.15) is 0 Å². The molecule has 0 aromatic carbocycles. The summed E-state index contributed by atoms with van der Waals surface area (Å²) < 4.78 is 19.5. The van der Waals surface area contributed by atoms with Crippen LogP contribution in [0.2, 0.25) is 0 Å². The molecule has 6 nitrogen and oxygen atoms in total. The first-order valence-electron chi connectivity index (χ1n) is 7.23. The van der Waals surface area contributed by atoms with E-state index in [4.69, 9.17) is 4.74 Å². The lowest BCUT2D eigenvalue weighted by Gasteiger charge is -2.27. The standard InChI is InChI=1S/C15H19BrFN3O3/c1-15(2,3)23-14(22)20-8-9(17)7-10(20)13(21)19-12-6-4-5-11(16)18-12/h4-6,9-10H,7-8H2,1-3H3,(H,18,19,21)/t9-,10-/m1/s1. The quantitative estimate of drug-likeness (QED) is 0.791. The predicted molar refractivity (Wildman–Crippen MR) is 86.8 cm³/mol. The third kappa shape index (κ3) is 4.89. The summed E-state index contributed by atoms with van der Waals surface area (Å²) in [5.41, 5.74) is -0.710. The number of pyridine rings is 1. The van der Waals surface area contributed by atoms with Crippen LogP contribution < -0.4 is 5.32 Å². The van der Waals surface area contributed by atoms with Crippen molar-refractivity contribution in [1.82, 2.24) is 9.88 Å². The molecule has 2 atom stereocenters. The van der Waals surface area contributed by atoms with Crippen LogP contribution in [-0.4, -0.2) is 46.2 Å². The lowest BCUT2D eigenvalue weighted by molar-refractivity contribution is -0.120. The average molecular weight is 388 g/mol. The van der Waals surface area contributed by atoms with Crippen molar-refractivity contribution in [3.05, 3.63) is 22.8 Å². The molecule has 1 aromatic heterocycles. The van der Waals surface area contributed by atoms with Crippen LogP contribution in [0.25, 0.3) is 0 Å². The Balaban J connectivity index is 2.09. The van der Waals surface area contributed by atoms with Crippen molar-refractivity contribution >= 4 is 33.7 Å². The molecule has 1 fully saturated rings. The largest absolute Gasteiger partial charge is 0.444 e. The molecule has 1 N–H and O–H groups in total. The van der Waals surface area contributed by atoms with E-state index in [-0.39, 0.29) is 13.0 Å². The lowest BCUT2D eigenvalue weighted by atomic mass is 10.2. The van der Waals surface area contributed by atoms with Crippen molar-refractivity contribution in [3.8, 4) is 0 Å². The van der Waals surface area contributed by atoms with Gasteiger partial charge in [-0.05, 0) is 48.8 Å². The minimum atomic E-state index is -1.26.